The molecule has 0 saturated carbocycles. The van der Waals surface area contributed by atoms with Gasteiger partial charge in [-0.15, -0.1) is 0 Å². The van der Waals surface area contributed by atoms with Crippen molar-refractivity contribution in [3.63, 3.8) is 0 Å². The van der Waals surface area contributed by atoms with Crippen molar-refractivity contribution >= 4 is 5.91 Å². The van der Waals surface area contributed by atoms with Gasteiger partial charge in [0.25, 0.3) is 11.5 Å². The first-order valence-electron chi connectivity index (χ1n) is 8.97. The van der Waals surface area contributed by atoms with Crippen LogP contribution in [0.1, 0.15) is 29.4 Å². The molecule has 1 aliphatic heterocycles. The number of likely N-dealkylation sites (tertiary alicyclic amines) is 1. The fourth-order valence-electron chi connectivity index (χ4n) is 3.45. The highest BCUT2D eigenvalue weighted by Crippen LogP contribution is 2.41. The summed E-state index contributed by atoms with van der Waals surface area (Å²) in [4.78, 5) is 24.6. The summed E-state index contributed by atoms with van der Waals surface area (Å²) in [5, 5.41) is 9.93. The number of aromatic nitrogens is 4. The minimum atomic E-state index is -4.86. The zero-order chi connectivity index (χ0) is 22.3. The average molecular weight is 437 g/mol. The maximum Gasteiger partial charge on any atom is 0.393 e. The number of aromatic amines is 1. The van der Waals surface area contributed by atoms with Crippen LogP contribution in [0, 0.1) is 11.8 Å². The van der Waals surface area contributed by atoms with E-state index in [1.54, 1.807) is 6.92 Å². The molecule has 0 radical (unpaired) electrons. The Morgan fingerprint density at radius 1 is 1.13 bits per heavy atom. The maximum atomic E-state index is 13.2. The number of halogens is 6. The van der Waals surface area contributed by atoms with Crippen LogP contribution in [0.4, 0.5) is 26.3 Å². The molecule has 0 spiro atoms. The summed E-state index contributed by atoms with van der Waals surface area (Å²) in [5.41, 5.74) is -0.351. The number of amides is 1. The van der Waals surface area contributed by atoms with E-state index in [4.69, 9.17) is 0 Å². The van der Waals surface area contributed by atoms with Crippen LogP contribution in [0.2, 0.25) is 0 Å². The molecule has 3 rings (SSSR count). The third kappa shape index (κ3) is 4.33. The van der Waals surface area contributed by atoms with E-state index in [-0.39, 0.29) is 23.5 Å². The molecule has 1 saturated heterocycles. The lowest BCUT2D eigenvalue weighted by Crippen LogP contribution is -2.51. The molecule has 1 amide bonds. The molecule has 2 aromatic heterocycles. The van der Waals surface area contributed by atoms with E-state index in [0.29, 0.717) is 4.90 Å². The number of alkyl halides is 6. The zero-order valence-corrected chi connectivity index (χ0v) is 15.6. The first-order valence-corrected chi connectivity index (χ1v) is 8.97. The number of H-pyrrole nitrogens is 1. The number of nitrogens with one attached hydrogen (secondary N) is 1. The van der Waals surface area contributed by atoms with E-state index in [0.717, 1.165) is 12.3 Å². The summed E-state index contributed by atoms with van der Waals surface area (Å²) in [5.74, 6) is -5.37. The van der Waals surface area contributed by atoms with Gasteiger partial charge in [-0.05, 0) is 18.9 Å². The Balaban J connectivity index is 1.94. The lowest BCUT2D eigenvalue weighted by Gasteiger charge is -2.39. The van der Waals surface area contributed by atoms with Crippen LogP contribution in [0.15, 0.2) is 23.1 Å². The summed E-state index contributed by atoms with van der Waals surface area (Å²) in [6.45, 7) is -0.0798. The second-order valence-electron chi connectivity index (χ2n) is 6.97. The van der Waals surface area contributed by atoms with Crippen LogP contribution in [0.3, 0.4) is 0 Å². The molecule has 164 valence electrons. The SMILES string of the molecule is CCc1c(C(=O)N2CC(C(F)(F)F)CC(C(F)(F)F)C2)cnn1-c1ccc(=O)[nH]n1. The third-order valence-electron chi connectivity index (χ3n) is 4.98. The Hall–Kier alpha value is -2.86. The van der Waals surface area contributed by atoms with Crippen LogP contribution in [0.5, 0.6) is 0 Å². The Labute approximate surface area is 165 Å². The van der Waals surface area contributed by atoms with E-state index in [9.17, 15) is 35.9 Å². The second kappa shape index (κ2) is 7.76. The minimum absolute atomic E-state index is 0.116. The molecule has 13 heteroatoms. The molecule has 2 atom stereocenters. The summed E-state index contributed by atoms with van der Waals surface area (Å²) in [7, 11) is 0. The standard InChI is InChI=1S/C17H17F6N5O2/c1-2-12-11(6-24-28(12)13-3-4-14(29)26-25-13)15(30)27-7-9(16(18,19)20)5-10(8-27)17(21,22)23/h3-4,6,9-10H,2,5,7-8H2,1H3,(H,26,29). The van der Waals surface area contributed by atoms with Crippen molar-refractivity contribution in [3.05, 3.63) is 39.9 Å². The van der Waals surface area contributed by atoms with Gasteiger partial charge in [-0.25, -0.2) is 9.78 Å². The first-order chi connectivity index (χ1) is 13.9. The highest BCUT2D eigenvalue weighted by Gasteiger charge is 2.52. The van der Waals surface area contributed by atoms with Crippen LogP contribution in [-0.2, 0) is 6.42 Å². The molecule has 0 aromatic carbocycles. The van der Waals surface area contributed by atoms with Crippen LogP contribution in [0.25, 0.3) is 5.82 Å². The van der Waals surface area contributed by atoms with E-state index in [1.165, 1.54) is 10.7 Å². The number of hydrogen-bond donors (Lipinski definition) is 1. The van der Waals surface area contributed by atoms with Gasteiger partial charge in [0.2, 0.25) is 0 Å². The molecule has 0 aliphatic carbocycles. The van der Waals surface area contributed by atoms with E-state index in [2.05, 4.69) is 15.3 Å². The smallest absolute Gasteiger partial charge is 0.337 e. The maximum absolute atomic E-state index is 13.2. The van der Waals surface area contributed by atoms with Gasteiger partial charge in [0.1, 0.15) is 0 Å². The third-order valence-corrected chi connectivity index (χ3v) is 4.98. The Kier molecular flexibility index (Phi) is 5.65. The predicted octanol–water partition coefficient (Wildman–Crippen LogP) is 2.72. The van der Waals surface area contributed by atoms with Crippen molar-refractivity contribution in [1.82, 2.24) is 24.9 Å². The normalized spacial score (nSPS) is 20.4. The minimum Gasteiger partial charge on any atom is -0.337 e. The largest absolute Gasteiger partial charge is 0.393 e. The summed E-state index contributed by atoms with van der Waals surface area (Å²) in [6, 6.07) is 2.48. The van der Waals surface area contributed by atoms with Gasteiger partial charge in [0, 0.05) is 19.2 Å². The van der Waals surface area contributed by atoms with Gasteiger partial charge in [-0.1, -0.05) is 6.92 Å². The molecule has 7 nitrogen and oxygen atoms in total. The second-order valence-corrected chi connectivity index (χ2v) is 6.97. The van der Waals surface area contributed by atoms with Gasteiger partial charge < -0.3 is 4.90 Å². The number of hydrogen-bond acceptors (Lipinski definition) is 4. The Morgan fingerprint density at radius 3 is 2.20 bits per heavy atom. The first kappa shape index (κ1) is 21.8. The van der Waals surface area contributed by atoms with Crippen LogP contribution >= 0.6 is 0 Å². The van der Waals surface area contributed by atoms with Crippen molar-refractivity contribution < 1.29 is 31.1 Å². The van der Waals surface area contributed by atoms with Gasteiger partial charge in [0.05, 0.1) is 29.3 Å². The van der Waals surface area contributed by atoms with Crippen molar-refractivity contribution in [3.8, 4) is 5.82 Å². The van der Waals surface area contributed by atoms with E-state index >= 15 is 0 Å². The number of carbonyl (C=O) groups excluding carboxylic acids is 1. The lowest BCUT2D eigenvalue weighted by atomic mass is 9.88. The highest BCUT2D eigenvalue weighted by atomic mass is 19.4. The summed E-state index contributed by atoms with van der Waals surface area (Å²) < 4.78 is 80.3. The van der Waals surface area contributed by atoms with Gasteiger partial charge >= 0.3 is 12.4 Å². The molecule has 30 heavy (non-hydrogen) atoms. The predicted molar refractivity (Wildman–Crippen MR) is 91.0 cm³/mol. The molecule has 1 fully saturated rings. The molecule has 2 unspecified atom stereocenters. The van der Waals surface area contributed by atoms with Gasteiger partial charge in [0.15, 0.2) is 5.82 Å². The molecule has 1 aliphatic rings. The molecule has 2 aromatic rings. The quantitative estimate of drug-likeness (QED) is 0.749. The van der Waals surface area contributed by atoms with E-state index < -0.39 is 55.2 Å². The van der Waals surface area contributed by atoms with Crippen molar-refractivity contribution in [2.75, 3.05) is 13.1 Å². The average Bonchev–Trinajstić information content (AvgIpc) is 3.10. The van der Waals surface area contributed by atoms with Gasteiger partial charge in [-0.3, -0.25) is 9.59 Å². The summed E-state index contributed by atoms with van der Waals surface area (Å²) >= 11 is 0. The lowest BCUT2D eigenvalue weighted by molar-refractivity contribution is -0.226. The van der Waals surface area contributed by atoms with Crippen LogP contribution in [-0.4, -0.2) is 56.2 Å². The van der Waals surface area contributed by atoms with Crippen molar-refractivity contribution in [2.45, 2.75) is 32.1 Å². The molecule has 0 bridgehead atoms. The molecule has 3 heterocycles. The fraction of sp³-hybridized carbons (Fsp3) is 0.529. The van der Waals surface area contributed by atoms with Crippen LogP contribution < -0.4 is 5.56 Å². The van der Waals surface area contributed by atoms with Crippen molar-refractivity contribution in [2.24, 2.45) is 11.8 Å². The van der Waals surface area contributed by atoms with Gasteiger partial charge in [-0.2, -0.15) is 36.5 Å². The summed E-state index contributed by atoms with van der Waals surface area (Å²) in [6.07, 6.45) is -9.56. The Morgan fingerprint density at radius 2 is 1.73 bits per heavy atom. The number of carbonyl (C=O) groups is 1. The fourth-order valence-corrected chi connectivity index (χ4v) is 3.45. The number of nitrogens with zero attached hydrogens (tertiary/aromatic N) is 4. The topological polar surface area (TPSA) is 83.9 Å². The number of rotatable bonds is 3. The molecular formula is C17H17F6N5O2. The highest BCUT2D eigenvalue weighted by molar-refractivity contribution is 5.95. The number of piperidine rings is 1. The van der Waals surface area contributed by atoms with Crippen molar-refractivity contribution in [1.29, 1.82) is 0 Å². The molecular weight excluding hydrogens is 420 g/mol. The van der Waals surface area contributed by atoms with E-state index in [1.807, 2.05) is 0 Å². The zero-order valence-electron chi connectivity index (χ0n) is 15.6. The monoisotopic (exact) mass is 437 g/mol. The molecule has 1 N–H and O–H groups in total. The Bertz CT molecular complexity index is 938.